The summed E-state index contributed by atoms with van der Waals surface area (Å²) in [6, 6.07) is 7.34. The van der Waals surface area contributed by atoms with E-state index < -0.39 is 0 Å². The number of hydrogen-bond acceptors (Lipinski definition) is 2. The lowest BCUT2D eigenvalue weighted by Gasteiger charge is -2.05. The highest BCUT2D eigenvalue weighted by Gasteiger charge is 2.21. The van der Waals surface area contributed by atoms with Crippen molar-refractivity contribution in [2.24, 2.45) is 5.92 Å². The van der Waals surface area contributed by atoms with Crippen molar-refractivity contribution in [2.75, 3.05) is 11.9 Å². The van der Waals surface area contributed by atoms with E-state index in [0.29, 0.717) is 5.33 Å². The minimum absolute atomic E-state index is 0.101. The molecule has 1 saturated carbocycles. The summed E-state index contributed by atoms with van der Waals surface area (Å²) in [5, 5.41) is 0.370. The molecule has 0 bridgehead atoms. The topological polar surface area (TPSA) is 26.3 Å². The van der Waals surface area contributed by atoms with Gasteiger partial charge in [-0.1, -0.05) is 15.9 Å². The number of rotatable bonds is 5. The van der Waals surface area contributed by atoms with Crippen LogP contribution in [-0.4, -0.2) is 17.7 Å². The third-order valence-corrected chi connectivity index (χ3v) is 2.99. The van der Waals surface area contributed by atoms with E-state index in [9.17, 15) is 4.79 Å². The second-order valence-electron chi connectivity index (χ2n) is 3.84. The maximum absolute atomic E-state index is 11.3. The fourth-order valence-electron chi connectivity index (χ4n) is 1.31. The van der Waals surface area contributed by atoms with Gasteiger partial charge in [-0.2, -0.15) is 0 Å². The summed E-state index contributed by atoms with van der Waals surface area (Å²) in [6.07, 6.45) is 2.58. The van der Waals surface area contributed by atoms with Crippen LogP contribution in [-0.2, 0) is 0 Å². The van der Waals surface area contributed by atoms with E-state index >= 15 is 0 Å². The molecule has 0 N–H and O–H groups in total. The number of carbonyl (C=O) groups is 1. The van der Waals surface area contributed by atoms with Crippen LogP contribution < -0.4 is 4.74 Å². The largest absolute Gasteiger partial charge is 0.493 e. The molecule has 0 aliphatic heterocycles. The lowest BCUT2D eigenvalue weighted by atomic mass is 10.1. The summed E-state index contributed by atoms with van der Waals surface area (Å²) in [5.74, 6) is 1.71. The van der Waals surface area contributed by atoms with Gasteiger partial charge in [0.1, 0.15) is 5.75 Å². The number of alkyl halides is 1. The predicted octanol–water partition coefficient (Wildman–Crippen LogP) is 3.05. The lowest BCUT2D eigenvalue weighted by molar-refractivity contribution is 0.102. The van der Waals surface area contributed by atoms with Crippen LogP contribution in [0.3, 0.4) is 0 Å². The molecule has 1 aromatic rings. The van der Waals surface area contributed by atoms with Crippen LogP contribution in [0.25, 0.3) is 0 Å². The van der Waals surface area contributed by atoms with Gasteiger partial charge in [0, 0.05) is 5.56 Å². The number of ether oxygens (including phenoxy) is 1. The molecule has 0 unspecified atom stereocenters. The van der Waals surface area contributed by atoms with Gasteiger partial charge in [-0.25, -0.2) is 0 Å². The number of Topliss-reactive ketones (excluding diaryl/α,β-unsaturated/α-hetero) is 1. The molecule has 1 fully saturated rings. The van der Waals surface area contributed by atoms with E-state index in [1.807, 2.05) is 24.3 Å². The zero-order valence-electron chi connectivity index (χ0n) is 8.41. The molecule has 0 saturated heterocycles. The summed E-state index contributed by atoms with van der Waals surface area (Å²) in [4.78, 5) is 11.3. The van der Waals surface area contributed by atoms with E-state index in [1.165, 1.54) is 12.8 Å². The first-order valence-corrected chi connectivity index (χ1v) is 6.24. The van der Waals surface area contributed by atoms with Crippen molar-refractivity contribution in [2.45, 2.75) is 12.8 Å². The molecule has 3 heteroatoms. The highest BCUT2D eigenvalue weighted by Crippen LogP contribution is 2.29. The quantitative estimate of drug-likeness (QED) is 0.606. The highest BCUT2D eigenvalue weighted by molar-refractivity contribution is 9.09. The summed E-state index contributed by atoms with van der Waals surface area (Å²) in [7, 11) is 0. The molecule has 0 heterocycles. The van der Waals surface area contributed by atoms with Crippen LogP contribution in [0.5, 0.6) is 5.75 Å². The Morgan fingerprint density at radius 2 is 2.00 bits per heavy atom. The Bertz CT molecular complexity index is 341. The first-order valence-electron chi connectivity index (χ1n) is 5.11. The molecule has 1 aliphatic carbocycles. The Morgan fingerprint density at radius 3 is 2.53 bits per heavy atom. The van der Waals surface area contributed by atoms with Gasteiger partial charge in [-0.05, 0) is 43.0 Å². The zero-order chi connectivity index (χ0) is 10.7. The molecule has 0 aromatic heterocycles. The molecule has 15 heavy (non-hydrogen) atoms. The average Bonchev–Trinajstić information content (AvgIpc) is 3.10. The first-order chi connectivity index (χ1) is 7.29. The second kappa shape index (κ2) is 4.79. The van der Waals surface area contributed by atoms with Crippen molar-refractivity contribution in [3.63, 3.8) is 0 Å². The van der Waals surface area contributed by atoms with Crippen LogP contribution in [0, 0.1) is 5.92 Å². The Morgan fingerprint density at radius 1 is 1.33 bits per heavy atom. The van der Waals surface area contributed by atoms with Gasteiger partial charge in [0.15, 0.2) is 5.78 Å². The molecule has 2 nitrogen and oxygen atoms in total. The Labute approximate surface area is 97.8 Å². The van der Waals surface area contributed by atoms with E-state index in [1.54, 1.807) is 0 Å². The third kappa shape index (κ3) is 3.06. The van der Waals surface area contributed by atoms with Crippen molar-refractivity contribution in [1.29, 1.82) is 0 Å². The van der Waals surface area contributed by atoms with Crippen molar-refractivity contribution in [1.82, 2.24) is 0 Å². The SMILES string of the molecule is O=C(CBr)c1ccc(OCC2CC2)cc1. The number of halogens is 1. The monoisotopic (exact) mass is 268 g/mol. The highest BCUT2D eigenvalue weighted by atomic mass is 79.9. The summed E-state index contributed by atoms with van der Waals surface area (Å²) >= 11 is 3.15. The van der Waals surface area contributed by atoms with Crippen LogP contribution in [0.4, 0.5) is 0 Å². The van der Waals surface area contributed by atoms with Gasteiger partial charge in [-0.3, -0.25) is 4.79 Å². The van der Waals surface area contributed by atoms with E-state index in [-0.39, 0.29) is 5.78 Å². The van der Waals surface area contributed by atoms with Gasteiger partial charge in [0.25, 0.3) is 0 Å². The van der Waals surface area contributed by atoms with Crippen LogP contribution >= 0.6 is 15.9 Å². The molecular formula is C12H13BrO2. The maximum Gasteiger partial charge on any atom is 0.173 e. The fourth-order valence-corrected chi connectivity index (χ4v) is 1.64. The first kappa shape index (κ1) is 10.7. The van der Waals surface area contributed by atoms with E-state index in [0.717, 1.165) is 23.8 Å². The number of ketones is 1. The normalized spacial score (nSPS) is 15.0. The molecule has 0 atom stereocenters. The number of carbonyl (C=O) groups excluding carboxylic acids is 1. The van der Waals surface area contributed by atoms with Gasteiger partial charge in [-0.15, -0.1) is 0 Å². The van der Waals surface area contributed by atoms with Gasteiger partial charge >= 0.3 is 0 Å². The minimum atomic E-state index is 0.101. The van der Waals surface area contributed by atoms with Crippen molar-refractivity contribution < 1.29 is 9.53 Å². The van der Waals surface area contributed by atoms with E-state index in [4.69, 9.17) is 4.74 Å². The predicted molar refractivity (Wildman–Crippen MR) is 62.8 cm³/mol. The number of hydrogen-bond donors (Lipinski definition) is 0. The maximum atomic E-state index is 11.3. The molecule has 0 radical (unpaired) electrons. The summed E-state index contributed by atoms with van der Waals surface area (Å²) < 4.78 is 5.58. The molecule has 1 aromatic carbocycles. The minimum Gasteiger partial charge on any atom is -0.493 e. The Balaban J connectivity index is 1.93. The van der Waals surface area contributed by atoms with Crippen LogP contribution in [0.1, 0.15) is 23.2 Å². The number of benzene rings is 1. The molecule has 1 aliphatic rings. The van der Waals surface area contributed by atoms with Crippen molar-refractivity contribution >= 4 is 21.7 Å². The molecular weight excluding hydrogens is 256 g/mol. The molecule has 2 rings (SSSR count). The summed E-state index contributed by atoms with van der Waals surface area (Å²) in [6.45, 7) is 0.811. The third-order valence-electron chi connectivity index (χ3n) is 2.48. The molecule has 80 valence electrons. The molecule has 0 amide bonds. The summed E-state index contributed by atoms with van der Waals surface area (Å²) in [5.41, 5.74) is 0.727. The fraction of sp³-hybridized carbons (Fsp3) is 0.417. The van der Waals surface area contributed by atoms with E-state index in [2.05, 4.69) is 15.9 Å². The molecule has 0 spiro atoms. The van der Waals surface area contributed by atoms with Gasteiger partial charge in [0.2, 0.25) is 0 Å². The Kier molecular flexibility index (Phi) is 3.41. The van der Waals surface area contributed by atoms with Crippen LogP contribution in [0.15, 0.2) is 24.3 Å². The van der Waals surface area contributed by atoms with Crippen molar-refractivity contribution in [3.05, 3.63) is 29.8 Å². The van der Waals surface area contributed by atoms with Gasteiger partial charge in [0.05, 0.1) is 11.9 Å². The Hall–Kier alpha value is -0.830. The second-order valence-corrected chi connectivity index (χ2v) is 4.40. The lowest BCUT2D eigenvalue weighted by Crippen LogP contribution is -2.01. The van der Waals surface area contributed by atoms with Gasteiger partial charge < -0.3 is 4.74 Å². The zero-order valence-corrected chi connectivity index (χ0v) is 10.00. The van der Waals surface area contributed by atoms with Crippen molar-refractivity contribution in [3.8, 4) is 5.75 Å². The average molecular weight is 269 g/mol. The standard InChI is InChI=1S/C12H13BrO2/c13-7-12(14)10-3-5-11(6-4-10)15-8-9-1-2-9/h3-6,9H,1-2,7-8H2. The smallest absolute Gasteiger partial charge is 0.173 e. The van der Waals surface area contributed by atoms with Crippen LogP contribution in [0.2, 0.25) is 0 Å².